The highest BCUT2D eigenvalue weighted by atomic mass is 35.5. The van der Waals surface area contributed by atoms with Gasteiger partial charge in [-0.15, -0.1) is 21.5 Å². The third-order valence-electron chi connectivity index (χ3n) is 7.74. The van der Waals surface area contributed by atoms with Crippen molar-refractivity contribution in [3.05, 3.63) is 110 Å². The summed E-state index contributed by atoms with van der Waals surface area (Å²) in [4.78, 5) is 44.5. The molecule has 4 heterocycles. The van der Waals surface area contributed by atoms with E-state index < -0.39 is 5.82 Å². The quantitative estimate of drug-likeness (QED) is 0.215. The molecule has 232 valence electrons. The first-order chi connectivity index (χ1) is 21.5. The number of piperazine rings is 1. The number of aliphatic imine (C=N–C) groups is 1. The number of thiophene rings is 1. The van der Waals surface area contributed by atoms with E-state index in [0.717, 1.165) is 32.9 Å². The average Bonchev–Trinajstić information content (AvgIpc) is 3.48. The maximum Gasteiger partial charge on any atom is 0.246 e. The number of carbonyl (C=O) groups is 3. The lowest BCUT2D eigenvalue weighted by atomic mass is 10.00. The van der Waals surface area contributed by atoms with Gasteiger partial charge in [0, 0.05) is 65.8 Å². The molecule has 0 aliphatic carbocycles. The lowest BCUT2D eigenvalue weighted by Crippen LogP contribution is -2.49. The summed E-state index contributed by atoms with van der Waals surface area (Å²) in [6.07, 6.45) is 2.40. The van der Waals surface area contributed by atoms with E-state index >= 15 is 0 Å². The van der Waals surface area contributed by atoms with Gasteiger partial charge in [-0.1, -0.05) is 23.7 Å². The van der Waals surface area contributed by atoms with Crippen LogP contribution in [-0.2, 0) is 16.1 Å². The van der Waals surface area contributed by atoms with Gasteiger partial charge < -0.3 is 9.80 Å². The molecule has 4 aromatic rings. The molecule has 0 saturated carbocycles. The van der Waals surface area contributed by atoms with Crippen molar-refractivity contribution < 1.29 is 18.8 Å². The second-order valence-electron chi connectivity index (χ2n) is 10.7. The van der Waals surface area contributed by atoms with E-state index in [1.165, 1.54) is 59.3 Å². The summed E-state index contributed by atoms with van der Waals surface area (Å²) < 4.78 is 14.9. The summed E-state index contributed by atoms with van der Waals surface area (Å²) in [7, 11) is 0. The molecule has 2 aliphatic rings. The van der Waals surface area contributed by atoms with Crippen molar-refractivity contribution in [2.45, 2.75) is 34.2 Å². The van der Waals surface area contributed by atoms with Gasteiger partial charge >= 0.3 is 0 Å². The van der Waals surface area contributed by atoms with E-state index in [2.05, 4.69) is 28.6 Å². The highest BCUT2D eigenvalue weighted by Crippen LogP contribution is 2.36. The molecule has 45 heavy (non-hydrogen) atoms. The zero-order valence-electron chi connectivity index (χ0n) is 25.4. The summed E-state index contributed by atoms with van der Waals surface area (Å²) in [6.45, 7) is 10.2. The Morgan fingerprint density at radius 1 is 0.889 bits per heavy atom. The van der Waals surface area contributed by atoms with Crippen molar-refractivity contribution in [3.63, 3.8) is 0 Å². The highest BCUT2D eigenvalue weighted by Gasteiger charge is 2.26. The summed E-state index contributed by atoms with van der Waals surface area (Å²) >= 11 is 7.80. The molecule has 0 spiro atoms. The monoisotopic (exact) mass is 646 g/mol. The first kappa shape index (κ1) is 31.9. The Kier molecular flexibility index (Phi) is 9.69. The Hall–Kier alpha value is -4.48. The van der Waals surface area contributed by atoms with E-state index in [1.807, 2.05) is 31.2 Å². The number of allylic oxidation sites excluding steroid dienone is 1. The normalized spacial score (nSPS) is 14.2. The first-order valence-electron chi connectivity index (χ1n) is 14.4. The van der Waals surface area contributed by atoms with E-state index in [-0.39, 0.29) is 17.6 Å². The fraction of sp³-hybridized carbons (Fsp3) is 0.273. The van der Waals surface area contributed by atoms with Crippen LogP contribution in [0, 0.1) is 26.6 Å². The zero-order valence-corrected chi connectivity index (χ0v) is 27.0. The first-order valence-corrected chi connectivity index (χ1v) is 15.6. The Balaban J connectivity index is 0.000000178. The summed E-state index contributed by atoms with van der Waals surface area (Å²) in [6, 6.07) is 13.0. The molecule has 1 saturated heterocycles. The topological polar surface area (TPSA) is 101 Å². The number of hydrogen-bond donors (Lipinski definition) is 0. The molecule has 0 atom stereocenters. The van der Waals surface area contributed by atoms with Gasteiger partial charge in [0.1, 0.15) is 23.2 Å². The van der Waals surface area contributed by atoms with Crippen molar-refractivity contribution in [1.82, 2.24) is 24.6 Å². The van der Waals surface area contributed by atoms with Gasteiger partial charge in [-0.2, -0.15) is 0 Å². The molecule has 0 unspecified atom stereocenters. The summed E-state index contributed by atoms with van der Waals surface area (Å²) in [5.41, 5.74) is 4.85. The second-order valence-corrected chi connectivity index (χ2v) is 12.3. The average molecular weight is 647 g/mol. The van der Waals surface area contributed by atoms with Gasteiger partial charge in [-0.3, -0.25) is 23.9 Å². The number of ketones is 1. The van der Waals surface area contributed by atoms with E-state index in [4.69, 9.17) is 16.6 Å². The number of amides is 2. The van der Waals surface area contributed by atoms with Gasteiger partial charge in [0.05, 0.1) is 5.71 Å². The maximum absolute atomic E-state index is 12.8. The Morgan fingerprint density at radius 2 is 1.53 bits per heavy atom. The smallest absolute Gasteiger partial charge is 0.246 e. The number of nitrogens with zero attached hydrogens (tertiary/aromatic N) is 6. The minimum Gasteiger partial charge on any atom is -0.339 e. The summed E-state index contributed by atoms with van der Waals surface area (Å²) in [5.74, 6) is 0.743. The number of benzene rings is 2. The van der Waals surface area contributed by atoms with E-state index in [1.54, 1.807) is 21.1 Å². The van der Waals surface area contributed by atoms with Crippen LogP contribution in [0.25, 0.3) is 5.00 Å². The molecular formula is C33H32ClFN6O3S. The fourth-order valence-electron chi connectivity index (χ4n) is 5.09. The lowest BCUT2D eigenvalue weighted by molar-refractivity contribution is -0.135. The van der Waals surface area contributed by atoms with Gasteiger partial charge in [0.15, 0.2) is 11.6 Å². The number of aromatic nitrogens is 3. The Bertz CT molecular complexity index is 1800. The number of rotatable bonds is 4. The van der Waals surface area contributed by atoms with Crippen LogP contribution < -0.4 is 0 Å². The molecule has 6 rings (SSSR count). The van der Waals surface area contributed by atoms with E-state index in [9.17, 15) is 18.8 Å². The lowest BCUT2D eigenvalue weighted by Gasteiger charge is -2.33. The molecule has 9 nitrogen and oxygen atoms in total. The number of carbonyl (C=O) groups excluding carboxylic acids is 3. The molecule has 0 bridgehead atoms. The van der Waals surface area contributed by atoms with Crippen LogP contribution in [0.5, 0.6) is 0 Å². The van der Waals surface area contributed by atoms with Crippen molar-refractivity contribution in [2.24, 2.45) is 4.99 Å². The molecule has 2 amide bonds. The largest absolute Gasteiger partial charge is 0.339 e. The standard InChI is InChI=1S/C17H15ClN4S.C16H17FN2O3/c1-9-10(2)23-17-15(9)16(12-4-6-13(18)7-5-12)19-8-14-21-20-11(3)22(14)17;1-12(20)18-8-10-19(11-9-18)16(22)7-6-15(21)13-2-4-14(17)5-3-13/h4-7H,8H2,1-3H3;2-7H,8-11H2,1H3/b;7-6+. The van der Waals surface area contributed by atoms with Crippen molar-refractivity contribution in [2.75, 3.05) is 26.2 Å². The zero-order chi connectivity index (χ0) is 32.2. The molecule has 2 aromatic heterocycles. The number of hydrogen-bond acceptors (Lipinski definition) is 7. The molecule has 0 radical (unpaired) electrons. The SMILES string of the molecule is CC(=O)N1CCN(C(=O)/C=C/C(=O)c2ccc(F)cc2)CC1.Cc1sc2c(c1C)C(c1ccc(Cl)cc1)=NCc1nnc(C)n1-2. The van der Waals surface area contributed by atoms with Crippen LogP contribution >= 0.6 is 22.9 Å². The molecule has 0 N–H and O–H groups in total. The third kappa shape index (κ3) is 7.10. The van der Waals surface area contributed by atoms with Crippen molar-refractivity contribution >= 4 is 46.2 Å². The van der Waals surface area contributed by atoms with Gasteiger partial charge in [-0.25, -0.2) is 4.39 Å². The van der Waals surface area contributed by atoms with Crippen LogP contribution in [0.4, 0.5) is 4.39 Å². The van der Waals surface area contributed by atoms with Crippen LogP contribution in [-0.4, -0.2) is 74.1 Å². The van der Waals surface area contributed by atoms with Crippen molar-refractivity contribution in [1.29, 1.82) is 0 Å². The molecule has 12 heteroatoms. The molecule has 2 aliphatic heterocycles. The molecular weight excluding hydrogens is 615 g/mol. The summed E-state index contributed by atoms with van der Waals surface area (Å²) in [5, 5.41) is 10.4. The minimum atomic E-state index is -0.417. The van der Waals surface area contributed by atoms with Crippen LogP contribution in [0.15, 0.2) is 65.7 Å². The van der Waals surface area contributed by atoms with Crippen LogP contribution in [0.3, 0.4) is 0 Å². The predicted octanol–water partition coefficient (Wildman–Crippen LogP) is 5.51. The van der Waals surface area contributed by atoms with E-state index in [0.29, 0.717) is 38.3 Å². The number of aryl methyl sites for hydroxylation is 2. The predicted molar refractivity (Wildman–Crippen MR) is 173 cm³/mol. The Labute approximate surface area is 269 Å². The maximum atomic E-state index is 12.8. The Morgan fingerprint density at radius 3 is 2.18 bits per heavy atom. The minimum absolute atomic E-state index is 0.00544. The highest BCUT2D eigenvalue weighted by molar-refractivity contribution is 7.15. The van der Waals surface area contributed by atoms with Crippen LogP contribution in [0.1, 0.15) is 50.5 Å². The number of fused-ring (bicyclic) bond motifs is 3. The van der Waals surface area contributed by atoms with Crippen LogP contribution in [0.2, 0.25) is 5.02 Å². The van der Waals surface area contributed by atoms with Crippen molar-refractivity contribution in [3.8, 4) is 5.00 Å². The molecule has 1 fully saturated rings. The number of halogens is 2. The fourth-order valence-corrected chi connectivity index (χ4v) is 6.45. The van der Waals surface area contributed by atoms with Gasteiger partial charge in [0.25, 0.3) is 0 Å². The molecule has 2 aromatic carbocycles. The van der Waals surface area contributed by atoms with Gasteiger partial charge in [-0.05, 0) is 68.8 Å². The van der Waals surface area contributed by atoms with Gasteiger partial charge in [0.2, 0.25) is 11.8 Å². The second kappa shape index (κ2) is 13.7. The third-order valence-corrected chi connectivity index (χ3v) is 9.18.